The molecule has 1 N–H and O–H groups in total. The monoisotopic (exact) mass is 433 g/mol. The van der Waals surface area contributed by atoms with Gasteiger partial charge in [-0.15, -0.1) is 0 Å². The van der Waals surface area contributed by atoms with Gasteiger partial charge in [-0.25, -0.2) is 4.79 Å². The largest absolute Gasteiger partial charge is 0.466 e. The minimum atomic E-state index is -0.610. The number of carbonyl (C=O) groups excluding carboxylic acids is 3. The fraction of sp³-hybridized carbons (Fsp3) is 0.609. The van der Waals surface area contributed by atoms with Crippen LogP contribution in [0, 0.1) is 5.92 Å². The Bertz CT molecular complexity index is 843. The smallest absolute Gasteiger partial charge is 0.407 e. The lowest BCUT2D eigenvalue weighted by Crippen LogP contribution is -2.33. The van der Waals surface area contributed by atoms with Gasteiger partial charge in [0.1, 0.15) is 11.4 Å². The third-order valence-corrected chi connectivity index (χ3v) is 5.34. The molecule has 1 aromatic rings. The van der Waals surface area contributed by atoms with Gasteiger partial charge in [0.05, 0.1) is 13.0 Å². The van der Waals surface area contributed by atoms with Crippen LogP contribution >= 0.6 is 0 Å². The lowest BCUT2D eigenvalue weighted by Gasteiger charge is -2.29. The number of ether oxygens (including phenoxy) is 4. The second kappa shape index (κ2) is 9.58. The zero-order valence-electron chi connectivity index (χ0n) is 18.6. The maximum Gasteiger partial charge on any atom is 0.407 e. The van der Waals surface area contributed by atoms with Gasteiger partial charge in [-0.05, 0) is 63.8 Å². The Morgan fingerprint density at radius 1 is 1.16 bits per heavy atom. The number of benzene rings is 1. The summed E-state index contributed by atoms with van der Waals surface area (Å²) in [4.78, 5) is 37.3. The van der Waals surface area contributed by atoms with E-state index in [1.54, 1.807) is 33.8 Å². The molecule has 1 aliphatic carbocycles. The van der Waals surface area contributed by atoms with Crippen LogP contribution in [0.15, 0.2) is 12.1 Å². The van der Waals surface area contributed by atoms with Gasteiger partial charge >= 0.3 is 12.1 Å². The van der Waals surface area contributed by atoms with E-state index in [0.29, 0.717) is 30.9 Å². The van der Waals surface area contributed by atoms with Crippen LogP contribution in [0.25, 0.3) is 0 Å². The molecule has 1 fully saturated rings. The fourth-order valence-corrected chi connectivity index (χ4v) is 4.03. The minimum Gasteiger partial charge on any atom is -0.466 e. The summed E-state index contributed by atoms with van der Waals surface area (Å²) in [5.41, 5.74) is 0.950. The van der Waals surface area contributed by atoms with E-state index in [1.165, 1.54) is 0 Å². The summed E-state index contributed by atoms with van der Waals surface area (Å²) in [6.45, 7) is 7.73. The van der Waals surface area contributed by atoms with E-state index < -0.39 is 11.7 Å². The molecule has 1 aromatic carbocycles. The quantitative estimate of drug-likeness (QED) is 0.680. The SMILES string of the molecule is CCOC(=O)CC1CCCC(c2cc3c(cc2CNC(=O)OC(C)(C)C)OCO3)C1=O. The van der Waals surface area contributed by atoms with Gasteiger partial charge in [0.15, 0.2) is 11.5 Å². The predicted molar refractivity (Wildman–Crippen MR) is 112 cm³/mol. The van der Waals surface area contributed by atoms with Gasteiger partial charge in [-0.1, -0.05) is 6.42 Å². The first-order chi connectivity index (χ1) is 14.7. The van der Waals surface area contributed by atoms with Crippen molar-refractivity contribution in [2.75, 3.05) is 13.4 Å². The molecule has 31 heavy (non-hydrogen) atoms. The number of esters is 1. The van der Waals surface area contributed by atoms with Crippen molar-refractivity contribution in [3.63, 3.8) is 0 Å². The summed E-state index contributed by atoms with van der Waals surface area (Å²) in [6, 6.07) is 3.63. The first kappa shape index (κ1) is 22.9. The normalized spacial score (nSPS) is 20.3. The Balaban J connectivity index is 1.81. The van der Waals surface area contributed by atoms with Gasteiger partial charge in [-0.3, -0.25) is 9.59 Å². The maximum absolute atomic E-state index is 13.3. The number of alkyl carbamates (subject to hydrolysis) is 1. The minimum absolute atomic E-state index is 0.0247. The van der Waals surface area contributed by atoms with Crippen LogP contribution in [0.4, 0.5) is 4.79 Å². The molecule has 2 unspecified atom stereocenters. The zero-order valence-corrected chi connectivity index (χ0v) is 18.6. The number of rotatable bonds is 6. The molecule has 0 saturated heterocycles. The van der Waals surface area contributed by atoms with Crippen molar-refractivity contribution in [2.45, 2.75) is 71.4 Å². The molecule has 2 atom stereocenters. The number of hydrogen-bond donors (Lipinski definition) is 1. The van der Waals surface area contributed by atoms with Crippen LogP contribution < -0.4 is 14.8 Å². The van der Waals surface area contributed by atoms with Gasteiger partial charge in [0.2, 0.25) is 6.79 Å². The fourth-order valence-electron chi connectivity index (χ4n) is 4.03. The molecule has 1 aliphatic heterocycles. The molecule has 1 amide bonds. The Labute approximate surface area is 182 Å². The summed E-state index contributed by atoms with van der Waals surface area (Å²) in [5.74, 6) is 0.0936. The highest BCUT2D eigenvalue weighted by molar-refractivity contribution is 5.91. The summed E-state index contributed by atoms with van der Waals surface area (Å²) in [7, 11) is 0. The number of carbonyl (C=O) groups is 3. The lowest BCUT2D eigenvalue weighted by atomic mass is 9.74. The van der Waals surface area contributed by atoms with Gasteiger partial charge in [0, 0.05) is 18.4 Å². The molecule has 1 saturated carbocycles. The van der Waals surface area contributed by atoms with Crippen molar-refractivity contribution in [3.8, 4) is 11.5 Å². The first-order valence-corrected chi connectivity index (χ1v) is 10.8. The van der Waals surface area contributed by atoms with Crippen molar-refractivity contribution in [2.24, 2.45) is 5.92 Å². The van der Waals surface area contributed by atoms with Crippen molar-refractivity contribution in [1.29, 1.82) is 0 Å². The number of nitrogens with one attached hydrogen (secondary N) is 1. The Morgan fingerprint density at radius 2 is 1.87 bits per heavy atom. The molecule has 170 valence electrons. The van der Waals surface area contributed by atoms with Crippen molar-refractivity contribution in [3.05, 3.63) is 23.3 Å². The Hall–Kier alpha value is -2.77. The Morgan fingerprint density at radius 3 is 2.55 bits per heavy atom. The standard InChI is InChI=1S/C23H31NO7/c1-5-28-20(25)10-14-7-6-8-16(21(14)26)17-11-19-18(29-13-30-19)9-15(17)12-24-22(27)31-23(2,3)4/h9,11,14,16H,5-8,10,12-13H2,1-4H3,(H,24,27). The highest BCUT2D eigenvalue weighted by Crippen LogP contribution is 2.42. The van der Waals surface area contributed by atoms with Crippen molar-refractivity contribution < 1.29 is 33.3 Å². The van der Waals surface area contributed by atoms with Crippen molar-refractivity contribution >= 4 is 17.8 Å². The molecule has 1 heterocycles. The van der Waals surface area contributed by atoms with E-state index in [-0.39, 0.29) is 43.3 Å². The molecule has 0 bridgehead atoms. The molecule has 0 aromatic heterocycles. The van der Waals surface area contributed by atoms with Crippen LogP contribution in [-0.2, 0) is 25.6 Å². The van der Waals surface area contributed by atoms with Crippen LogP contribution in [0.3, 0.4) is 0 Å². The van der Waals surface area contributed by atoms with Gasteiger partial charge < -0.3 is 24.3 Å². The van der Waals surface area contributed by atoms with E-state index in [2.05, 4.69) is 5.32 Å². The van der Waals surface area contributed by atoms with E-state index in [4.69, 9.17) is 18.9 Å². The molecule has 2 aliphatic rings. The molecular weight excluding hydrogens is 402 g/mol. The number of Topliss-reactive ketones (excluding diaryl/α,β-unsaturated/α-hetero) is 1. The zero-order chi connectivity index (χ0) is 22.6. The van der Waals surface area contributed by atoms with Gasteiger partial charge in [0.25, 0.3) is 0 Å². The van der Waals surface area contributed by atoms with Crippen LogP contribution in [0.2, 0.25) is 0 Å². The van der Waals surface area contributed by atoms with Crippen molar-refractivity contribution in [1.82, 2.24) is 5.32 Å². The topological polar surface area (TPSA) is 100 Å². The van der Waals surface area contributed by atoms with Crippen LogP contribution in [-0.4, -0.2) is 36.8 Å². The molecule has 0 spiro atoms. The highest BCUT2D eigenvalue weighted by atomic mass is 16.7. The number of amides is 1. The summed E-state index contributed by atoms with van der Waals surface area (Å²) in [5, 5.41) is 2.76. The van der Waals surface area contributed by atoms with E-state index in [9.17, 15) is 14.4 Å². The third kappa shape index (κ3) is 5.89. The maximum atomic E-state index is 13.3. The number of hydrogen-bond acceptors (Lipinski definition) is 7. The third-order valence-electron chi connectivity index (χ3n) is 5.34. The number of fused-ring (bicyclic) bond motifs is 1. The molecule has 0 radical (unpaired) electrons. The first-order valence-electron chi connectivity index (χ1n) is 10.8. The summed E-state index contributed by atoms with van der Waals surface area (Å²) >= 11 is 0. The average Bonchev–Trinajstić information content (AvgIpc) is 3.13. The average molecular weight is 434 g/mol. The second-order valence-corrected chi connectivity index (χ2v) is 8.85. The molecular formula is C23H31NO7. The van der Waals surface area contributed by atoms with Gasteiger partial charge in [-0.2, -0.15) is 0 Å². The van der Waals surface area contributed by atoms with Crippen LogP contribution in [0.5, 0.6) is 11.5 Å². The molecule has 8 heteroatoms. The van der Waals surface area contributed by atoms with Crippen LogP contribution in [0.1, 0.15) is 70.4 Å². The van der Waals surface area contributed by atoms with E-state index in [1.807, 2.05) is 6.07 Å². The Kier molecular flexibility index (Phi) is 7.08. The lowest BCUT2D eigenvalue weighted by molar-refractivity contribution is -0.146. The summed E-state index contributed by atoms with van der Waals surface area (Å²) in [6.07, 6.45) is 1.74. The predicted octanol–water partition coefficient (Wildman–Crippen LogP) is 3.85. The molecule has 3 rings (SSSR count). The van der Waals surface area contributed by atoms with E-state index in [0.717, 1.165) is 17.5 Å². The summed E-state index contributed by atoms with van der Waals surface area (Å²) < 4.78 is 21.4. The second-order valence-electron chi connectivity index (χ2n) is 8.85. The van der Waals surface area contributed by atoms with E-state index >= 15 is 0 Å². The molecule has 8 nitrogen and oxygen atoms in total. The number of ketones is 1. The highest BCUT2D eigenvalue weighted by Gasteiger charge is 2.36.